The average molecular weight is 60.1 g/mol. The maximum Gasteiger partial charge on any atom is 0.0569 e. The van der Waals surface area contributed by atoms with Gasteiger partial charge in [0.05, 0.1) is 2.74 Å². The molecule has 0 spiro atoms. The first kappa shape index (κ1) is 1.25. The minimum absolute atomic E-state index is 0.343. The molecule has 0 amide bonds. The summed E-state index contributed by atoms with van der Waals surface area (Å²) in [5, 5.41) is 0. The molecule has 0 radical (unpaired) electrons. The van der Waals surface area contributed by atoms with Crippen LogP contribution in [0.2, 0.25) is 0 Å². The fourth-order valence-corrected chi connectivity index (χ4v) is 0. The van der Waals surface area contributed by atoms with E-state index in [1.807, 2.05) is 0 Å². The van der Waals surface area contributed by atoms with Gasteiger partial charge in [-0.25, -0.2) is 0 Å². The van der Waals surface area contributed by atoms with E-state index in [4.69, 9.17) is 2.74 Å². The second-order valence-electron chi connectivity index (χ2n) is 0.500. The van der Waals surface area contributed by atoms with E-state index in [1.165, 1.54) is 0 Å². The van der Waals surface area contributed by atoms with E-state index >= 15 is 0 Å². The van der Waals surface area contributed by atoms with Crippen LogP contribution in [0.5, 0.6) is 0 Å². The van der Waals surface area contributed by atoms with Gasteiger partial charge in [0.2, 0.25) is 0 Å². The van der Waals surface area contributed by atoms with Crippen LogP contribution < -0.4 is 0 Å². The molecule has 0 rings (SSSR count). The van der Waals surface area contributed by atoms with Crippen LogP contribution in [0.4, 0.5) is 0 Å². The molecule has 0 atom stereocenters. The molecule has 0 bridgehead atoms. The predicted molar refractivity (Wildman–Crippen MR) is 20.5 cm³/mol. The SMILES string of the molecule is [3H]/C(C)=C(\[3H])C. The molecule has 0 saturated carbocycles. The molecule has 0 aromatic carbocycles. The maximum absolute atomic E-state index is 6.72. The Balaban J connectivity index is 3.68. The highest BCUT2D eigenvalue weighted by Crippen LogP contribution is 1.57. The van der Waals surface area contributed by atoms with Crippen LogP contribution in [0.25, 0.3) is 0 Å². The molecular formula is C4H8. The molecule has 0 aromatic heterocycles. The first-order chi connectivity index (χ1) is 2.64. The van der Waals surface area contributed by atoms with Crippen molar-refractivity contribution in [3.05, 3.63) is 12.1 Å². The van der Waals surface area contributed by atoms with Crippen LogP contribution >= 0.6 is 0 Å². The third-order valence-electron chi connectivity index (χ3n) is 0.250. The molecule has 0 saturated heterocycles. The fraction of sp³-hybridized carbons (Fsp3) is 0.500. The number of allylic oxidation sites excluding steroid dienone is 2. The highest BCUT2D eigenvalue weighted by molar-refractivity contribution is 4.68. The first-order valence-corrected chi connectivity index (χ1v) is 1.25. The highest BCUT2D eigenvalue weighted by Gasteiger charge is 1.34. The molecule has 0 N–H and O–H groups in total. The molecule has 0 aromatic rings. The highest BCUT2D eigenvalue weighted by atomic mass is 13.4. The van der Waals surface area contributed by atoms with Crippen LogP contribution in [0.15, 0.2) is 12.1 Å². The lowest BCUT2D eigenvalue weighted by molar-refractivity contribution is 1.64. The molecule has 0 heteroatoms. The standard InChI is InChI=1S/C4H8/c1-3-4-2/h3-4H,1-2H3/b4-3-/i3T,4T. The molecule has 0 nitrogen and oxygen atoms in total. The van der Waals surface area contributed by atoms with Crippen molar-refractivity contribution in [3.8, 4) is 0 Å². The number of hydrogen-bond donors (Lipinski definition) is 0. The van der Waals surface area contributed by atoms with Crippen LogP contribution in [0.1, 0.15) is 16.6 Å². The first-order valence-electron chi connectivity index (χ1n) is 2.25. The summed E-state index contributed by atoms with van der Waals surface area (Å²) in [5.41, 5.74) is 0. The van der Waals surface area contributed by atoms with Crippen LogP contribution in [0.3, 0.4) is 0 Å². The van der Waals surface area contributed by atoms with Crippen molar-refractivity contribution in [1.82, 2.24) is 0 Å². The fourth-order valence-electron chi connectivity index (χ4n) is 0. The summed E-state index contributed by atoms with van der Waals surface area (Å²) in [6.45, 7) is 3.20. The van der Waals surface area contributed by atoms with E-state index in [9.17, 15) is 0 Å². The van der Waals surface area contributed by atoms with E-state index in [1.54, 1.807) is 13.8 Å². The monoisotopic (exact) mass is 60.1 g/mol. The molecule has 24 valence electrons. The molecule has 0 fully saturated rings. The molecule has 0 aliphatic rings. The third kappa shape index (κ3) is 1.74. The molecule has 0 aliphatic carbocycles. The molecule has 0 heterocycles. The Bertz CT molecular complexity index is 55.6. The molecule has 0 unspecified atom stereocenters. The van der Waals surface area contributed by atoms with Crippen molar-refractivity contribution in [3.63, 3.8) is 0 Å². The van der Waals surface area contributed by atoms with E-state index in [0.29, 0.717) is 12.1 Å². The van der Waals surface area contributed by atoms with Crippen LogP contribution in [0, 0.1) is 0 Å². The Hall–Kier alpha value is -0.260. The summed E-state index contributed by atoms with van der Waals surface area (Å²) in [7, 11) is 0. The Labute approximate surface area is 30.0 Å². The van der Waals surface area contributed by atoms with Crippen molar-refractivity contribution in [2.24, 2.45) is 0 Å². The second-order valence-corrected chi connectivity index (χ2v) is 0.500. The zero-order valence-electron chi connectivity index (χ0n) is 5.00. The summed E-state index contributed by atoms with van der Waals surface area (Å²) in [5.74, 6) is 0. The third-order valence-corrected chi connectivity index (χ3v) is 0.250. The summed E-state index contributed by atoms with van der Waals surface area (Å²) in [6, 6.07) is 0.685. The van der Waals surface area contributed by atoms with E-state index in [0.717, 1.165) is 0 Å². The van der Waals surface area contributed by atoms with Gasteiger partial charge in [-0.1, -0.05) is 12.1 Å². The Kier molecular flexibility index (Phi) is 0.856. The average Bonchev–Trinajstić information content (AvgIpc) is 1.36. The van der Waals surface area contributed by atoms with Gasteiger partial charge in [-0.15, -0.1) is 0 Å². The van der Waals surface area contributed by atoms with Gasteiger partial charge in [-0.05, 0) is 13.8 Å². The van der Waals surface area contributed by atoms with Crippen LogP contribution in [-0.4, -0.2) is 0 Å². The lowest BCUT2D eigenvalue weighted by atomic mass is 10.6. The smallest absolute Gasteiger partial charge is 0.0569 e. The second kappa shape index (κ2) is 2.74. The van der Waals surface area contributed by atoms with Crippen molar-refractivity contribution in [2.75, 3.05) is 0 Å². The number of rotatable bonds is 0. The molecule has 0 aliphatic heterocycles. The minimum Gasteiger partial charge on any atom is -0.0919 e. The van der Waals surface area contributed by atoms with Gasteiger partial charge < -0.3 is 0 Å². The predicted octanol–water partition coefficient (Wildman–Crippen LogP) is 1.58. The Morgan fingerprint density at radius 2 is 1.75 bits per heavy atom. The Morgan fingerprint density at radius 3 is 1.75 bits per heavy atom. The lowest BCUT2D eigenvalue weighted by Gasteiger charge is -1.49. The summed E-state index contributed by atoms with van der Waals surface area (Å²) < 4.78 is 13.4. The van der Waals surface area contributed by atoms with E-state index in [-0.39, 0.29) is 0 Å². The van der Waals surface area contributed by atoms with Crippen LogP contribution in [-0.2, 0) is 0 Å². The van der Waals surface area contributed by atoms with Crippen molar-refractivity contribution in [1.29, 1.82) is 0 Å². The van der Waals surface area contributed by atoms with E-state index in [2.05, 4.69) is 0 Å². The number of hydrogen-bond acceptors (Lipinski definition) is 0. The van der Waals surface area contributed by atoms with Gasteiger partial charge in [0.25, 0.3) is 0 Å². The molecular weight excluding hydrogens is 48.0 g/mol. The lowest BCUT2D eigenvalue weighted by Crippen LogP contribution is -1.26. The normalized spacial score (nSPS) is 21.5. The maximum atomic E-state index is 6.72. The zero-order chi connectivity index (χ0) is 5.15. The van der Waals surface area contributed by atoms with Crippen molar-refractivity contribution < 1.29 is 2.74 Å². The van der Waals surface area contributed by atoms with Gasteiger partial charge in [0.15, 0.2) is 0 Å². The summed E-state index contributed by atoms with van der Waals surface area (Å²) in [4.78, 5) is 0. The quantitative estimate of drug-likeness (QED) is 0.372. The Morgan fingerprint density at radius 1 is 1.50 bits per heavy atom. The minimum atomic E-state index is 0.343. The summed E-state index contributed by atoms with van der Waals surface area (Å²) >= 11 is 0. The largest absolute Gasteiger partial charge is 0.0919 e. The van der Waals surface area contributed by atoms with Gasteiger partial charge in [-0.3, -0.25) is 0 Å². The molecule has 4 heavy (non-hydrogen) atoms. The van der Waals surface area contributed by atoms with Gasteiger partial charge in [-0.2, -0.15) is 0 Å². The topological polar surface area (TPSA) is 0 Å². The van der Waals surface area contributed by atoms with Crippen molar-refractivity contribution in [2.45, 2.75) is 13.8 Å². The van der Waals surface area contributed by atoms with Gasteiger partial charge in [0, 0.05) is 0 Å². The van der Waals surface area contributed by atoms with Crippen molar-refractivity contribution >= 4 is 0 Å². The van der Waals surface area contributed by atoms with E-state index < -0.39 is 0 Å². The van der Waals surface area contributed by atoms with Gasteiger partial charge in [0.1, 0.15) is 0 Å². The zero-order valence-corrected chi connectivity index (χ0v) is 3.00. The summed E-state index contributed by atoms with van der Waals surface area (Å²) in [6.07, 6.45) is 0. The van der Waals surface area contributed by atoms with Gasteiger partial charge >= 0.3 is 0 Å².